The number of hydrogen-bond acceptors (Lipinski definition) is 4. The summed E-state index contributed by atoms with van der Waals surface area (Å²) in [6.45, 7) is 1.98. The Morgan fingerprint density at radius 3 is 2.36 bits per heavy atom. The number of aryl methyl sites for hydroxylation is 1. The first-order chi connectivity index (χ1) is 12.9. The van der Waals surface area contributed by atoms with E-state index < -0.39 is 12.0 Å². The lowest BCUT2D eigenvalue weighted by molar-refractivity contribution is -0.138. The van der Waals surface area contributed by atoms with Crippen LogP contribution in [0.25, 0.3) is 0 Å². The highest BCUT2D eigenvalue weighted by Crippen LogP contribution is 2.27. The number of nitrogen functional groups attached to an aromatic ring is 1. The number of carbonyl (C=O) groups is 1. The fourth-order valence-electron chi connectivity index (χ4n) is 3.57. The maximum Gasteiger partial charge on any atom is 0.330 e. The van der Waals surface area contributed by atoms with Crippen LogP contribution in [0.4, 0.5) is 11.4 Å². The molecule has 0 aromatic heterocycles. The van der Waals surface area contributed by atoms with Gasteiger partial charge in [0.05, 0.1) is 0 Å². The standard InChI is InChI=1S/C21H26N4O2.ClH/c1-13-10-15(12-18(11-13)24-16-4-2-3-5-16)19(21(26)27)25-17-8-6-14(7-9-17)20(22)23;/h6-12,16,19,24-25H,2-5H2,1H3,(H3,22,23)(H,26,27);1H. The van der Waals surface area contributed by atoms with Crippen LogP contribution in [0, 0.1) is 12.3 Å². The van der Waals surface area contributed by atoms with Crippen molar-refractivity contribution in [2.45, 2.75) is 44.7 Å². The van der Waals surface area contributed by atoms with E-state index in [1.165, 1.54) is 12.8 Å². The second kappa shape index (κ2) is 9.46. The molecule has 0 bridgehead atoms. The van der Waals surface area contributed by atoms with E-state index in [2.05, 4.69) is 16.7 Å². The highest BCUT2D eigenvalue weighted by Gasteiger charge is 2.21. The van der Waals surface area contributed by atoms with Crippen molar-refractivity contribution in [2.75, 3.05) is 10.6 Å². The Bertz CT molecular complexity index is 833. The van der Waals surface area contributed by atoms with Gasteiger partial charge >= 0.3 is 5.97 Å². The number of carboxylic acid groups (broad SMARTS) is 1. The Kier molecular flexibility index (Phi) is 7.29. The van der Waals surface area contributed by atoms with Crippen LogP contribution in [0.5, 0.6) is 0 Å². The molecule has 0 spiro atoms. The molecule has 1 aliphatic rings. The quantitative estimate of drug-likeness (QED) is 0.350. The Balaban J connectivity index is 0.00000280. The Labute approximate surface area is 171 Å². The first-order valence-electron chi connectivity index (χ1n) is 9.24. The molecule has 1 saturated carbocycles. The largest absolute Gasteiger partial charge is 0.479 e. The van der Waals surface area contributed by atoms with Crippen molar-refractivity contribution in [3.8, 4) is 0 Å². The zero-order valence-electron chi connectivity index (χ0n) is 15.9. The summed E-state index contributed by atoms with van der Waals surface area (Å²) in [5.41, 5.74) is 9.43. The number of aliphatic carboxylic acids is 1. The third-order valence-corrected chi connectivity index (χ3v) is 4.91. The van der Waals surface area contributed by atoms with Gasteiger partial charge in [0.2, 0.25) is 0 Å². The maximum absolute atomic E-state index is 11.9. The molecule has 1 atom stereocenters. The second-order valence-electron chi connectivity index (χ2n) is 7.16. The summed E-state index contributed by atoms with van der Waals surface area (Å²) in [6.07, 6.45) is 4.80. The third-order valence-electron chi connectivity index (χ3n) is 4.91. The molecule has 0 saturated heterocycles. The molecular weight excluding hydrogens is 376 g/mol. The SMILES string of the molecule is Cc1cc(NC2CCCC2)cc(C(Nc2ccc(C(=N)N)cc2)C(=O)O)c1.Cl. The van der Waals surface area contributed by atoms with E-state index in [1.54, 1.807) is 24.3 Å². The van der Waals surface area contributed by atoms with E-state index in [0.717, 1.165) is 24.1 Å². The molecule has 0 aliphatic heterocycles. The molecule has 6 nitrogen and oxygen atoms in total. The minimum absolute atomic E-state index is 0. The van der Waals surface area contributed by atoms with Crippen molar-refractivity contribution >= 4 is 35.6 Å². The normalized spacial score (nSPS) is 14.8. The highest BCUT2D eigenvalue weighted by atomic mass is 35.5. The summed E-state index contributed by atoms with van der Waals surface area (Å²) >= 11 is 0. The minimum Gasteiger partial charge on any atom is -0.479 e. The molecule has 1 aliphatic carbocycles. The lowest BCUT2D eigenvalue weighted by Gasteiger charge is -2.20. The molecule has 0 amide bonds. The first-order valence-corrected chi connectivity index (χ1v) is 9.24. The van der Waals surface area contributed by atoms with Crippen LogP contribution in [-0.2, 0) is 4.79 Å². The van der Waals surface area contributed by atoms with Gasteiger partial charge in [-0.1, -0.05) is 18.9 Å². The van der Waals surface area contributed by atoms with Crippen LogP contribution in [0.3, 0.4) is 0 Å². The first kappa shape index (κ1) is 21.6. The van der Waals surface area contributed by atoms with E-state index in [9.17, 15) is 9.90 Å². The number of anilines is 2. The molecule has 1 unspecified atom stereocenters. The summed E-state index contributed by atoms with van der Waals surface area (Å²) < 4.78 is 0. The molecule has 1 fully saturated rings. The Hall–Kier alpha value is -2.73. The van der Waals surface area contributed by atoms with Crippen LogP contribution >= 0.6 is 12.4 Å². The van der Waals surface area contributed by atoms with Crippen LogP contribution < -0.4 is 16.4 Å². The topological polar surface area (TPSA) is 111 Å². The van der Waals surface area contributed by atoms with E-state index in [0.29, 0.717) is 22.9 Å². The predicted octanol–water partition coefficient (Wildman–Crippen LogP) is 4.29. The zero-order chi connectivity index (χ0) is 19.4. The zero-order valence-corrected chi connectivity index (χ0v) is 16.7. The van der Waals surface area contributed by atoms with Gasteiger partial charge in [-0.05, 0) is 67.3 Å². The molecule has 3 rings (SSSR count). The number of nitrogens with two attached hydrogens (primary N) is 1. The Morgan fingerprint density at radius 1 is 1.14 bits per heavy atom. The fraction of sp³-hybridized carbons (Fsp3) is 0.333. The van der Waals surface area contributed by atoms with Crippen LogP contribution in [0.15, 0.2) is 42.5 Å². The third kappa shape index (κ3) is 5.39. The van der Waals surface area contributed by atoms with Crippen molar-refractivity contribution in [1.82, 2.24) is 0 Å². The lowest BCUT2D eigenvalue weighted by Crippen LogP contribution is -2.21. The highest BCUT2D eigenvalue weighted by molar-refractivity contribution is 5.95. The summed E-state index contributed by atoms with van der Waals surface area (Å²) in [5.74, 6) is -0.958. The summed E-state index contributed by atoms with van der Waals surface area (Å²) in [4.78, 5) is 11.9. The second-order valence-corrected chi connectivity index (χ2v) is 7.16. The molecule has 7 heteroatoms. The van der Waals surface area contributed by atoms with Gasteiger partial charge in [0.1, 0.15) is 5.84 Å². The Morgan fingerprint density at radius 2 is 1.79 bits per heavy atom. The van der Waals surface area contributed by atoms with Crippen molar-refractivity contribution in [3.63, 3.8) is 0 Å². The molecular formula is C21H27ClN4O2. The smallest absolute Gasteiger partial charge is 0.330 e. The lowest BCUT2D eigenvalue weighted by atomic mass is 10.0. The van der Waals surface area contributed by atoms with Crippen molar-refractivity contribution in [1.29, 1.82) is 5.41 Å². The molecule has 0 heterocycles. The van der Waals surface area contributed by atoms with E-state index in [-0.39, 0.29) is 18.2 Å². The van der Waals surface area contributed by atoms with E-state index in [1.807, 2.05) is 19.1 Å². The molecule has 2 aromatic carbocycles. The van der Waals surface area contributed by atoms with Crippen molar-refractivity contribution < 1.29 is 9.90 Å². The maximum atomic E-state index is 11.9. The van der Waals surface area contributed by atoms with Crippen LogP contribution in [0.2, 0.25) is 0 Å². The van der Waals surface area contributed by atoms with Gasteiger partial charge in [-0.15, -0.1) is 12.4 Å². The molecule has 150 valence electrons. The average Bonchev–Trinajstić information content (AvgIpc) is 3.12. The fourth-order valence-corrected chi connectivity index (χ4v) is 3.57. The van der Waals surface area contributed by atoms with Crippen molar-refractivity contribution in [2.24, 2.45) is 5.73 Å². The monoisotopic (exact) mass is 402 g/mol. The van der Waals surface area contributed by atoms with Gasteiger partial charge in [-0.25, -0.2) is 4.79 Å². The predicted molar refractivity (Wildman–Crippen MR) is 116 cm³/mol. The number of halogens is 1. The van der Waals surface area contributed by atoms with E-state index >= 15 is 0 Å². The number of rotatable bonds is 7. The van der Waals surface area contributed by atoms with Gasteiger partial charge in [-0.3, -0.25) is 5.41 Å². The van der Waals surface area contributed by atoms with Crippen LogP contribution in [0.1, 0.15) is 48.4 Å². The van der Waals surface area contributed by atoms with Crippen LogP contribution in [-0.4, -0.2) is 23.0 Å². The molecule has 6 N–H and O–H groups in total. The summed E-state index contributed by atoms with van der Waals surface area (Å²) in [7, 11) is 0. The number of nitrogens with one attached hydrogen (secondary N) is 3. The van der Waals surface area contributed by atoms with E-state index in [4.69, 9.17) is 11.1 Å². The minimum atomic E-state index is -0.942. The summed E-state index contributed by atoms with van der Waals surface area (Å²) in [6, 6.07) is 12.4. The van der Waals surface area contributed by atoms with Crippen molar-refractivity contribution in [3.05, 3.63) is 59.2 Å². The number of benzene rings is 2. The molecule has 0 radical (unpaired) electrons. The van der Waals surface area contributed by atoms with Gasteiger partial charge < -0.3 is 21.5 Å². The average molecular weight is 403 g/mol. The van der Waals surface area contributed by atoms with Gasteiger partial charge in [0.25, 0.3) is 0 Å². The van der Waals surface area contributed by atoms with Gasteiger partial charge in [0.15, 0.2) is 6.04 Å². The number of amidine groups is 1. The van der Waals surface area contributed by atoms with Gasteiger partial charge in [0, 0.05) is 23.0 Å². The number of hydrogen-bond donors (Lipinski definition) is 5. The molecule has 2 aromatic rings. The summed E-state index contributed by atoms with van der Waals surface area (Å²) in [5, 5.41) is 23.8. The molecule has 28 heavy (non-hydrogen) atoms. The number of carboxylic acids is 1. The van der Waals surface area contributed by atoms with Gasteiger partial charge in [-0.2, -0.15) is 0 Å².